The van der Waals surface area contributed by atoms with Crippen LogP contribution >= 0.6 is 0 Å². The average Bonchev–Trinajstić information content (AvgIpc) is 2.86. The number of rotatable bonds is 4. The van der Waals surface area contributed by atoms with E-state index in [1.165, 1.54) is 24.0 Å². The summed E-state index contributed by atoms with van der Waals surface area (Å²) >= 11 is 0. The molecule has 2 heterocycles. The second kappa shape index (κ2) is 7.85. The van der Waals surface area contributed by atoms with Gasteiger partial charge in [-0.05, 0) is 43.9 Å². The first-order valence-corrected chi connectivity index (χ1v) is 9.51. The highest BCUT2D eigenvalue weighted by Crippen LogP contribution is 2.35. The Morgan fingerprint density at radius 2 is 2.00 bits per heavy atom. The van der Waals surface area contributed by atoms with Gasteiger partial charge in [-0.3, -0.25) is 4.79 Å². The van der Waals surface area contributed by atoms with Gasteiger partial charge in [0.1, 0.15) is 5.82 Å². The predicted molar refractivity (Wildman–Crippen MR) is 106 cm³/mol. The molecular formula is C21H28N4O. The molecule has 0 amide bonds. The smallest absolute Gasteiger partial charge is 0.222 e. The number of anilines is 2. The zero-order chi connectivity index (χ0) is 18.7. The molecule has 0 aliphatic carbocycles. The minimum atomic E-state index is 0.188. The number of aryl methyl sites for hydroxylation is 2. The summed E-state index contributed by atoms with van der Waals surface area (Å²) in [5, 5.41) is 0. The van der Waals surface area contributed by atoms with E-state index >= 15 is 0 Å². The number of nitrogen functional groups attached to an aromatic ring is 1. The van der Waals surface area contributed by atoms with Crippen molar-refractivity contribution in [3.8, 4) is 0 Å². The third-order valence-corrected chi connectivity index (χ3v) is 5.19. The molecule has 1 aliphatic rings. The van der Waals surface area contributed by atoms with E-state index in [1.54, 1.807) is 0 Å². The molecule has 2 aromatic rings. The monoisotopic (exact) mass is 352 g/mol. The van der Waals surface area contributed by atoms with E-state index < -0.39 is 0 Å². The first kappa shape index (κ1) is 18.4. The lowest BCUT2D eigenvalue weighted by molar-refractivity contribution is 0.0988. The van der Waals surface area contributed by atoms with E-state index in [9.17, 15) is 4.79 Å². The van der Waals surface area contributed by atoms with Crippen LogP contribution in [0, 0.1) is 13.8 Å². The number of ketones is 1. The number of nitrogens with two attached hydrogens (primary N) is 1. The second-order valence-electron chi connectivity index (χ2n) is 7.13. The SMILES string of the molecule is CCC(=O)c1ccc(C)c([C@@H]2CCCCCN2c2cc(C)nc(N)n2)c1. The van der Waals surface area contributed by atoms with Crippen molar-refractivity contribution in [1.82, 2.24) is 9.97 Å². The zero-order valence-electron chi connectivity index (χ0n) is 16.0. The van der Waals surface area contributed by atoms with Crippen molar-refractivity contribution in [2.75, 3.05) is 17.2 Å². The number of aromatic nitrogens is 2. The van der Waals surface area contributed by atoms with Crippen LogP contribution in [-0.2, 0) is 0 Å². The molecule has 1 fully saturated rings. The van der Waals surface area contributed by atoms with Crippen molar-refractivity contribution in [2.24, 2.45) is 0 Å². The van der Waals surface area contributed by atoms with E-state index in [1.807, 2.05) is 26.0 Å². The van der Waals surface area contributed by atoms with Crippen LogP contribution in [0.2, 0.25) is 0 Å². The van der Waals surface area contributed by atoms with Gasteiger partial charge >= 0.3 is 0 Å². The summed E-state index contributed by atoms with van der Waals surface area (Å²) in [6.07, 6.45) is 5.09. The van der Waals surface area contributed by atoms with Gasteiger partial charge in [-0.15, -0.1) is 0 Å². The van der Waals surface area contributed by atoms with Crippen molar-refractivity contribution < 1.29 is 4.79 Å². The van der Waals surface area contributed by atoms with Crippen LogP contribution < -0.4 is 10.6 Å². The van der Waals surface area contributed by atoms with Gasteiger partial charge in [0.15, 0.2) is 5.78 Å². The van der Waals surface area contributed by atoms with Crippen LogP contribution in [0.3, 0.4) is 0 Å². The standard InChI is InChI=1S/C21H28N4O/c1-4-19(26)16-10-9-14(2)17(13-16)18-8-6-5-7-11-25(18)20-12-15(3)23-21(22)24-20/h9-10,12-13,18H,4-8,11H2,1-3H3,(H2,22,23,24)/t18-/m0/s1. The van der Waals surface area contributed by atoms with Crippen LogP contribution in [0.4, 0.5) is 11.8 Å². The minimum absolute atomic E-state index is 0.188. The number of hydrogen-bond donors (Lipinski definition) is 1. The molecular weight excluding hydrogens is 324 g/mol. The summed E-state index contributed by atoms with van der Waals surface area (Å²) in [7, 11) is 0. The van der Waals surface area contributed by atoms with Gasteiger partial charge in [-0.2, -0.15) is 4.98 Å². The Bertz CT molecular complexity index is 782. The molecule has 1 aromatic heterocycles. The molecule has 3 rings (SSSR count). The lowest BCUT2D eigenvalue weighted by Gasteiger charge is -2.33. The van der Waals surface area contributed by atoms with E-state index in [-0.39, 0.29) is 11.8 Å². The Labute approximate surface area is 155 Å². The maximum Gasteiger partial charge on any atom is 0.222 e. The van der Waals surface area contributed by atoms with Gasteiger partial charge < -0.3 is 10.6 Å². The topological polar surface area (TPSA) is 72.1 Å². The zero-order valence-corrected chi connectivity index (χ0v) is 16.0. The molecule has 1 saturated heterocycles. The van der Waals surface area contributed by atoms with Crippen LogP contribution in [0.1, 0.15) is 72.2 Å². The quantitative estimate of drug-likeness (QED) is 0.826. The number of nitrogens with zero attached hydrogens (tertiary/aromatic N) is 3. The van der Waals surface area contributed by atoms with Crippen LogP contribution in [0.25, 0.3) is 0 Å². The number of benzene rings is 1. The number of carbonyl (C=O) groups is 1. The fourth-order valence-electron chi connectivity index (χ4n) is 3.80. The summed E-state index contributed by atoms with van der Waals surface area (Å²) in [4.78, 5) is 23.3. The fraction of sp³-hybridized carbons (Fsp3) is 0.476. The summed E-state index contributed by atoms with van der Waals surface area (Å²) in [5.74, 6) is 1.39. The van der Waals surface area contributed by atoms with Crippen molar-refractivity contribution in [3.63, 3.8) is 0 Å². The molecule has 0 radical (unpaired) electrons. The van der Waals surface area contributed by atoms with Gasteiger partial charge in [0.05, 0.1) is 6.04 Å². The molecule has 2 N–H and O–H groups in total. The van der Waals surface area contributed by atoms with E-state index in [2.05, 4.69) is 33.9 Å². The van der Waals surface area contributed by atoms with Crippen molar-refractivity contribution >= 4 is 17.5 Å². The number of carbonyl (C=O) groups excluding carboxylic acids is 1. The summed E-state index contributed by atoms with van der Waals surface area (Å²) in [5.41, 5.74) is 10.0. The number of Topliss-reactive ketones (excluding diaryl/α,β-unsaturated/α-hetero) is 1. The molecule has 1 aliphatic heterocycles. The Balaban J connectivity index is 2.06. The fourth-order valence-corrected chi connectivity index (χ4v) is 3.80. The highest BCUT2D eigenvalue weighted by Gasteiger charge is 2.26. The highest BCUT2D eigenvalue weighted by atomic mass is 16.1. The third kappa shape index (κ3) is 3.87. The Hall–Kier alpha value is -2.43. The van der Waals surface area contributed by atoms with Crippen LogP contribution in [-0.4, -0.2) is 22.3 Å². The maximum atomic E-state index is 12.2. The molecule has 0 saturated carbocycles. The van der Waals surface area contributed by atoms with Gasteiger partial charge in [0.2, 0.25) is 5.95 Å². The van der Waals surface area contributed by atoms with Gasteiger partial charge in [0, 0.05) is 30.3 Å². The van der Waals surface area contributed by atoms with Crippen LogP contribution in [0.5, 0.6) is 0 Å². The Morgan fingerprint density at radius 1 is 1.19 bits per heavy atom. The molecule has 5 heteroatoms. The second-order valence-corrected chi connectivity index (χ2v) is 7.13. The molecule has 26 heavy (non-hydrogen) atoms. The molecule has 1 aromatic carbocycles. The third-order valence-electron chi connectivity index (χ3n) is 5.19. The van der Waals surface area contributed by atoms with E-state index in [0.29, 0.717) is 12.4 Å². The lowest BCUT2D eigenvalue weighted by atomic mass is 9.93. The highest BCUT2D eigenvalue weighted by molar-refractivity contribution is 5.96. The minimum Gasteiger partial charge on any atom is -0.368 e. The Kier molecular flexibility index (Phi) is 5.55. The summed E-state index contributed by atoms with van der Waals surface area (Å²) in [6.45, 7) is 6.91. The van der Waals surface area contributed by atoms with Crippen molar-refractivity contribution in [1.29, 1.82) is 0 Å². The van der Waals surface area contributed by atoms with Crippen molar-refractivity contribution in [3.05, 3.63) is 46.6 Å². The van der Waals surface area contributed by atoms with Gasteiger partial charge in [-0.1, -0.05) is 31.9 Å². The molecule has 138 valence electrons. The molecule has 0 spiro atoms. The van der Waals surface area contributed by atoms with E-state index in [0.717, 1.165) is 36.5 Å². The summed E-state index contributed by atoms with van der Waals surface area (Å²) < 4.78 is 0. The van der Waals surface area contributed by atoms with Gasteiger partial charge in [0.25, 0.3) is 0 Å². The average molecular weight is 352 g/mol. The van der Waals surface area contributed by atoms with Gasteiger partial charge in [-0.25, -0.2) is 4.98 Å². The molecule has 5 nitrogen and oxygen atoms in total. The number of hydrogen-bond acceptors (Lipinski definition) is 5. The molecule has 0 unspecified atom stereocenters. The van der Waals surface area contributed by atoms with E-state index in [4.69, 9.17) is 5.73 Å². The maximum absolute atomic E-state index is 12.2. The predicted octanol–water partition coefficient (Wildman–Crippen LogP) is 4.39. The lowest BCUT2D eigenvalue weighted by Crippen LogP contribution is -2.30. The molecule has 0 bridgehead atoms. The Morgan fingerprint density at radius 3 is 2.73 bits per heavy atom. The first-order valence-electron chi connectivity index (χ1n) is 9.51. The normalized spacial score (nSPS) is 17.8. The van der Waals surface area contributed by atoms with Crippen molar-refractivity contribution in [2.45, 2.75) is 58.9 Å². The van der Waals surface area contributed by atoms with Crippen LogP contribution in [0.15, 0.2) is 24.3 Å². The largest absolute Gasteiger partial charge is 0.368 e. The summed E-state index contributed by atoms with van der Waals surface area (Å²) in [6, 6.07) is 8.31. The molecule has 1 atom stereocenters. The first-order chi connectivity index (χ1) is 12.5.